The van der Waals surface area contributed by atoms with Gasteiger partial charge in [0.05, 0.1) is 9.40 Å². The van der Waals surface area contributed by atoms with Gasteiger partial charge >= 0.3 is 0 Å². The van der Waals surface area contributed by atoms with Crippen LogP contribution in [0, 0.1) is 0 Å². The van der Waals surface area contributed by atoms with E-state index in [0.29, 0.717) is 0 Å². The molecule has 2 aromatic carbocycles. The van der Waals surface area contributed by atoms with Gasteiger partial charge in [-0.3, -0.25) is 0 Å². The molecular formula is C22H14S4. The van der Waals surface area contributed by atoms with Crippen LogP contribution in [0.5, 0.6) is 0 Å². The first-order valence-electron chi connectivity index (χ1n) is 8.62. The fourth-order valence-corrected chi connectivity index (χ4v) is 8.71. The van der Waals surface area contributed by atoms with Crippen molar-refractivity contribution in [3.8, 4) is 0 Å². The maximum Gasteiger partial charge on any atom is 0.0542 e. The molecule has 0 nitrogen and oxygen atoms in total. The summed E-state index contributed by atoms with van der Waals surface area (Å²) in [5.74, 6) is 1.05. The molecule has 6 rings (SSSR count). The van der Waals surface area contributed by atoms with Crippen molar-refractivity contribution in [1.29, 1.82) is 0 Å². The van der Waals surface area contributed by atoms with Gasteiger partial charge in [0, 0.05) is 52.2 Å². The van der Waals surface area contributed by atoms with Crippen LogP contribution in [0.1, 0.15) is 4.88 Å². The average Bonchev–Trinajstić information content (AvgIpc) is 3.30. The maximum atomic E-state index is 2.45. The zero-order valence-electron chi connectivity index (χ0n) is 13.8. The lowest BCUT2D eigenvalue weighted by Gasteiger charge is -2.00. The van der Waals surface area contributed by atoms with Crippen molar-refractivity contribution in [3.63, 3.8) is 0 Å². The van der Waals surface area contributed by atoms with E-state index >= 15 is 0 Å². The summed E-state index contributed by atoms with van der Waals surface area (Å²) in [7, 11) is 0. The van der Waals surface area contributed by atoms with Crippen molar-refractivity contribution < 1.29 is 0 Å². The molecule has 0 aliphatic carbocycles. The smallest absolute Gasteiger partial charge is 0.0542 e. The first-order chi connectivity index (χ1) is 12.9. The zero-order chi connectivity index (χ0) is 17.1. The Hall–Kier alpha value is -1.59. The third-order valence-corrected chi connectivity index (χ3v) is 9.77. The minimum absolute atomic E-state index is 1.04. The lowest BCUT2D eigenvalue weighted by Crippen LogP contribution is -1.79. The van der Waals surface area contributed by atoms with E-state index in [2.05, 4.69) is 60.7 Å². The van der Waals surface area contributed by atoms with E-state index in [1.807, 2.05) is 45.8 Å². The Morgan fingerprint density at radius 1 is 0.692 bits per heavy atom. The predicted molar refractivity (Wildman–Crippen MR) is 123 cm³/mol. The molecule has 0 N–H and O–H groups in total. The van der Waals surface area contributed by atoms with Gasteiger partial charge in [0.25, 0.3) is 0 Å². The van der Waals surface area contributed by atoms with Crippen LogP contribution in [0.15, 0.2) is 65.6 Å². The van der Waals surface area contributed by atoms with Crippen molar-refractivity contribution in [2.75, 3.05) is 5.75 Å². The lowest BCUT2D eigenvalue weighted by molar-refractivity contribution is 1.28. The van der Waals surface area contributed by atoms with Gasteiger partial charge in [-0.15, -0.1) is 45.8 Å². The monoisotopic (exact) mass is 406 g/mol. The van der Waals surface area contributed by atoms with Crippen LogP contribution in [-0.4, -0.2) is 5.75 Å². The molecule has 0 saturated heterocycles. The molecular weight excluding hydrogens is 393 g/mol. The lowest BCUT2D eigenvalue weighted by atomic mass is 10.2. The van der Waals surface area contributed by atoms with Crippen LogP contribution >= 0.6 is 45.8 Å². The minimum Gasteiger partial charge on any atom is -0.139 e. The van der Waals surface area contributed by atoms with Gasteiger partial charge < -0.3 is 0 Å². The van der Waals surface area contributed by atoms with Gasteiger partial charge in [-0.05, 0) is 18.2 Å². The molecule has 3 aromatic heterocycles. The Labute approximate surface area is 167 Å². The molecule has 0 saturated carbocycles. The molecule has 0 unspecified atom stereocenters. The zero-order valence-corrected chi connectivity index (χ0v) is 17.1. The van der Waals surface area contributed by atoms with Crippen molar-refractivity contribution in [2.24, 2.45) is 0 Å². The molecule has 0 radical (unpaired) electrons. The summed E-state index contributed by atoms with van der Waals surface area (Å²) in [6, 6.07) is 13.7. The molecule has 0 atom stereocenters. The SMILES string of the molecule is C1=C\CSc2c(sc3cc4c(cc23)sc2c3ccccc3sc42)C\C=C/1. The van der Waals surface area contributed by atoms with Crippen molar-refractivity contribution in [1.82, 2.24) is 0 Å². The molecule has 4 heteroatoms. The fraction of sp³-hybridized carbons (Fsp3) is 0.0909. The highest BCUT2D eigenvalue weighted by molar-refractivity contribution is 7.99. The molecule has 1 aliphatic rings. The molecule has 126 valence electrons. The second kappa shape index (κ2) is 5.96. The van der Waals surface area contributed by atoms with Gasteiger partial charge in [-0.1, -0.05) is 42.5 Å². The van der Waals surface area contributed by atoms with Crippen LogP contribution in [0.3, 0.4) is 0 Å². The number of thioether (sulfide) groups is 1. The summed E-state index contributed by atoms with van der Waals surface area (Å²) in [4.78, 5) is 3.00. The molecule has 4 heterocycles. The Morgan fingerprint density at radius 3 is 2.46 bits per heavy atom. The first kappa shape index (κ1) is 15.5. The van der Waals surface area contributed by atoms with E-state index in [1.165, 1.54) is 49.4 Å². The number of fused-ring (bicyclic) bond motifs is 8. The van der Waals surface area contributed by atoms with E-state index in [4.69, 9.17) is 0 Å². The molecule has 5 aromatic rings. The van der Waals surface area contributed by atoms with Gasteiger partial charge in [0.2, 0.25) is 0 Å². The summed E-state index contributed by atoms with van der Waals surface area (Å²) >= 11 is 7.86. The largest absolute Gasteiger partial charge is 0.139 e. The van der Waals surface area contributed by atoms with Gasteiger partial charge in [-0.25, -0.2) is 0 Å². The van der Waals surface area contributed by atoms with Crippen LogP contribution < -0.4 is 0 Å². The Morgan fingerprint density at radius 2 is 1.46 bits per heavy atom. The summed E-state index contributed by atoms with van der Waals surface area (Å²) < 4.78 is 7.18. The van der Waals surface area contributed by atoms with Crippen molar-refractivity contribution >= 4 is 85.4 Å². The van der Waals surface area contributed by atoms with E-state index in [0.717, 1.165) is 12.2 Å². The summed E-state index contributed by atoms with van der Waals surface area (Å²) in [5.41, 5.74) is 0. The molecule has 26 heavy (non-hydrogen) atoms. The number of rotatable bonds is 0. The Bertz CT molecular complexity index is 1360. The topological polar surface area (TPSA) is 0 Å². The fourth-order valence-electron chi connectivity index (χ4n) is 3.64. The quantitative estimate of drug-likeness (QED) is 0.249. The number of benzene rings is 2. The molecule has 0 bridgehead atoms. The molecule has 0 amide bonds. The average molecular weight is 407 g/mol. The highest BCUT2D eigenvalue weighted by atomic mass is 32.2. The second-order valence-electron chi connectivity index (χ2n) is 6.43. The van der Waals surface area contributed by atoms with E-state index < -0.39 is 0 Å². The Balaban J connectivity index is 1.66. The molecule has 0 spiro atoms. The highest BCUT2D eigenvalue weighted by Crippen LogP contribution is 2.48. The van der Waals surface area contributed by atoms with E-state index in [9.17, 15) is 0 Å². The summed E-state index contributed by atoms with van der Waals surface area (Å²) in [5, 5.41) is 4.29. The minimum atomic E-state index is 1.04. The van der Waals surface area contributed by atoms with Gasteiger partial charge in [-0.2, -0.15) is 0 Å². The van der Waals surface area contributed by atoms with Crippen LogP contribution in [0.2, 0.25) is 0 Å². The third kappa shape index (κ3) is 2.26. The third-order valence-electron chi connectivity index (χ3n) is 4.83. The maximum absolute atomic E-state index is 2.45. The summed E-state index contributed by atoms with van der Waals surface area (Å²) in [6.45, 7) is 0. The normalized spacial score (nSPS) is 17.4. The number of hydrogen-bond donors (Lipinski definition) is 0. The van der Waals surface area contributed by atoms with Crippen LogP contribution in [0.4, 0.5) is 0 Å². The Kier molecular flexibility index (Phi) is 3.55. The predicted octanol–water partition coefficient (Wildman–Crippen LogP) is 8.24. The molecule has 1 aliphatic heterocycles. The van der Waals surface area contributed by atoms with Gasteiger partial charge in [0.15, 0.2) is 0 Å². The summed E-state index contributed by atoms with van der Waals surface area (Å²) in [6.07, 6.45) is 9.93. The van der Waals surface area contributed by atoms with Crippen LogP contribution in [-0.2, 0) is 6.42 Å². The van der Waals surface area contributed by atoms with Crippen molar-refractivity contribution in [3.05, 3.63) is 65.6 Å². The second-order valence-corrected chi connectivity index (χ2v) is 10.7. The van der Waals surface area contributed by atoms with E-state index in [-0.39, 0.29) is 0 Å². The van der Waals surface area contributed by atoms with Crippen molar-refractivity contribution in [2.45, 2.75) is 11.3 Å². The van der Waals surface area contributed by atoms with Crippen LogP contribution in [0.25, 0.3) is 39.7 Å². The molecule has 0 fully saturated rings. The number of hydrogen-bond acceptors (Lipinski definition) is 4. The standard InChI is InChI=1S/C22H14S4/c1-2-6-10-23-20-14-11-19-15(12-18(14)24-17(20)9-3-1)22-21(26-19)13-7-4-5-8-16(13)25-22/h1-8,11-12H,9-10H2/b3-1-,6-2-. The van der Waals surface area contributed by atoms with Gasteiger partial charge in [0.1, 0.15) is 0 Å². The van der Waals surface area contributed by atoms with E-state index in [1.54, 1.807) is 0 Å². The number of allylic oxidation sites excluding steroid dienone is 3. The number of thiophene rings is 3. The highest BCUT2D eigenvalue weighted by Gasteiger charge is 2.17. The first-order valence-corrected chi connectivity index (χ1v) is 12.1.